The molecule has 0 aliphatic carbocycles. The van der Waals surface area contributed by atoms with E-state index >= 15 is 0 Å². The number of carbonyl (C=O) groups excluding carboxylic acids is 1. The summed E-state index contributed by atoms with van der Waals surface area (Å²) in [6.45, 7) is 4.75. The van der Waals surface area contributed by atoms with Gasteiger partial charge in [0, 0.05) is 17.9 Å². The Kier molecular flexibility index (Phi) is 7.45. The van der Waals surface area contributed by atoms with E-state index in [0.29, 0.717) is 41.4 Å². The van der Waals surface area contributed by atoms with E-state index in [0.717, 1.165) is 17.0 Å². The Bertz CT molecular complexity index is 1340. The van der Waals surface area contributed by atoms with Crippen molar-refractivity contribution in [1.82, 2.24) is 9.61 Å². The molecule has 0 fully saturated rings. The van der Waals surface area contributed by atoms with Gasteiger partial charge in [0.1, 0.15) is 24.2 Å². The van der Waals surface area contributed by atoms with Crippen LogP contribution in [0.5, 0.6) is 11.5 Å². The average molecular weight is 472 g/mol. The fourth-order valence-corrected chi connectivity index (χ4v) is 3.48. The van der Waals surface area contributed by atoms with E-state index in [9.17, 15) is 10.1 Å². The molecule has 0 aliphatic rings. The highest BCUT2D eigenvalue weighted by Crippen LogP contribution is 2.33. The number of hydrogen-bond acceptors (Lipinski definition) is 7. The van der Waals surface area contributed by atoms with E-state index in [1.807, 2.05) is 68.4 Å². The number of hydrogen-bond donors (Lipinski definition) is 2. The number of para-hydroxylation sites is 1. The van der Waals surface area contributed by atoms with Crippen LogP contribution in [-0.2, 0) is 9.47 Å². The summed E-state index contributed by atoms with van der Waals surface area (Å²) in [5.41, 5.74) is 3.65. The van der Waals surface area contributed by atoms with Gasteiger partial charge in [-0.25, -0.2) is 9.31 Å². The summed E-state index contributed by atoms with van der Waals surface area (Å²) in [5.74, 6) is 1.44. The van der Waals surface area contributed by atoms with Crippen LogP contribution in [0.2, 0.25) is 0 Å². The maximum absolute atomic E-state index is 12.2. The predicted octanol–water partition coefficient (Wildman–Crippen LogP) is 5.64. The fraction of sp³-hybridized carbons (Fsp3) is 0.192. The number of aromatic nitrogens is 2. The van der Waals surface area contributed by atoms with Crippen LogP contribution in [0.4, 0.5) is 21.9 Å². The number of nitrogens with zero attached hydrogens (tertiary/aromatic N) is 3. The molecule has 0 aliphatic heterocycles. The largest absolute Gasteiger partial charge is 0.457 e. The lowest BCUT2D eigenvalue weighted by Crippen LogP contribution is -2.16. The minimum absolute atomic E-state index is 0.152. The summed E-state index contributed by atoms with van der Waals surface area (Å²) < 4.78 is 17.8. The molecule has 178 valence electrons. The van der Waals surface area contributed by atoms with Crippen LogP contribution in [0.15, 0.2) is 67.0 Å². The van der Waals surface area contributed by atoms with E-state index < -0.39 is 6.09 Å². The highest BCUT2D eigenvalue weighted by atomic mass is 16.6. The molecule has 2 heterocycles. The Labute approximate surface area is 202 Å². The van der Waals surface area contributed by atoms with E-state index in [2.05, 4.69) is 21.8 Å². The number of benzene rings is 2. The monoisotopic (exact) mass is 471 g/mol. The summed E-state index contributed by atoms with van der Waals surface area (Å²) >= 11 is 0. The molecule has 1 amide bonds. The second kappa shape index (κ2) is 11.0. The molecular weight excluding hydrogens is 446 g/mol. The maximum atomic E-state index is 12.2. The number of aryl methyl sites for hydroxylation is 1. The van der Waals surface area contributed by atoms with Gasteiger partial charge in [-0.1, -0.05) is 18.2 Å². The molecule has 0 saturated carbocycles. The molecule has 4 rings (SSSR count). The first-order valence-electron chi connectivity index (χ1n) is 11.1. The number of amides is 1. The number of rotatable bonds is 9. The summed E-state index contributed by atoms with van der Waals surface area (Å²) in [7, 11) is 0. The number of nitriles is 1. The van der Waals surface area contributed by atoms with Gasteiger partial charge in [-0.15, -0.1) is 0 Å². The molecule has 2 N–H and O–H groups in total. The first kappa shape index (κ1) is 23.6. The van der Waals surface area contributed by atoms with Crippen molar-refractivity contribution in [2.75, 3.05) is 30.5 Å². The van der Waals surface area contributed by atoms with Crippen molar-refractivity contribution < 1.29 is 19.0 Å². The van der Waals surface area contributed by atoms with Gasteiger partial charge < -0.3 is 19.5 Å². The van der Waals surface area contributed by atoms with Crippen molar-refractivity contribution in [3.8, 4) is 17.6 Å². The Morgan fingerprint density at radius 3 is 2.54 bits per heavy atom. The smallest absolute Gasteiger partial charge is 0.411 e. The third-order valence-electron chi connectivity index (χ3n) is 5.18. The fourth-order valence-electron chi connectivity index (χ4n) is 3.48. The van der Waals surface area contributed by atoms with Crippen molar-refractivity contribution >= 4 is 28.7 Å². The number of anilines is 3. The molecule has 0 radical (unpaired) electrons. The van der Waals surface area contributed by atoms with Crippen LogP contribution in [0, 0.1) is 18.3 Å². The van der Waals surface area contributed by atoms with Crippen molar-refractivity contribution in [1.29, 1.82) is 5.26 Å². The topological polar surface area (TPSA) is 110 Å². The van der Waals surface area contributed by atoms with Crippen molar-refractivity contribution in [3.63, 3.8) is 0 Å². The number of fused-ring (bicyclic) bond motifs is 1. The van der Waals surface area contributed by atoms with E-state index in [-0.39, 0.29) is 6.61 Å². The van der Waals surface area contributed by atoms with Gasteiger partial charge in [-0.2, -0.15) is 10.4 Å². The van der Waals surface area contributed by atoms with Gasteiger partial charge in [0.15, 0.2) is 0 Å². The highest BCUT2D eigenvalue weighted by Gasteiger charge is 2.17. The van der Waals surface area contributed by atoms with Gasteiger partial charge in [-0.05, 0) is 50.2 Å². The lowest BCUT2D eigenvalue weighted by atomic mass is 10.1. The molecule has 2 aromatic heterocycles. The van der Waals surface area contributed by atoms with Crippen LogP contribution < -0.4 is 15.4 Å². The van der Waals surface area contributed by atoms with Crippen LogP contribution in [0.1, 0.15) is 18.1 Å². The molecule has 0 saturated heterocycles. The van der Waals surface area contributed by atoms with Gasteiger partial charge in [0.25, 0.3) is 0 Å². The highest BCUT2D eigenvalue weighted by molar-refractivity contribution is 5.92. The predicted molar refractivity (Wildman–Crippen MR) is 132 cm³/mol. The van der Waals surface area contributed by atoms with E-state index in [4.69, 9.17) is 14.2 Å². The summed E-state index contributed by atoms with van der Waals surface area (Å²) in [6, 6.07) is 19.1. The lowest BCUT2D eigenvalue weighted by Gasteiger charge is -2.12. The Morgan fingerprint density at radius 1 is 1.09 bits per heavy atom. The molecule has 35 heavy (non-hydrogen) atoms. The van der Waals surface area contributed by atoms with Gasteiger partial charge in [-0.3, -0.25) is 5.32 Å². The average Bonchev–Trinajstić information content (AvgIpc) is 3.19. The van der Waals surface area contributed by atoms with Crippen molar-refractivity contribution in [3.05, 3.63) is 78.1 Å². The standard InChI is InChI=1S/C26H25N5O4/c1-3-33-13-14-34-26(32)30-23-17-31-25(18(23)2)24(19(15-27)16-28-31)29-20-9-11-22(12-10-20)35-21-7-5-4-6-8-21/h4-12,16-17,29H,3,13-14H2,1-2H3,(H,30,32). The molecule has 9 nitrogen and oxygen atoms in total. The molecule has 2 aromatic carbocycles. The van der Waals surface area contributed by atoms with Crippen LogP contribution in [-0.4, -0.2) is 35.5 Å². The normalized spacial score (nSPS) is 10.5. The van der Waals surface area contributed by atoms with Crippen LogP contribution in [0.25, 0.3) is 5.52 Å². The molecule has 0 spiro atoms. The minimum atomic E-state index is -0.590. The second-order valence-electron chi connectivity index (χ2n) is 7.53. The number of carbonyl (C=O) groups is 1. The van der Waals surface area contributed by atoms with Crippen LogP contribution in [0.3, 0.4) is 0 Å². The molecular formula is C26H25N5O4. The van der Waals surface area contributed by atoms with Gasteiger partial charge in [0.2, 0.25) is 0 Å². The number of nitrogens with one attached hydrogen (secondary N) is 2. The zero-order chi connectivity index (χ0) is 24.6. The van der Waals surface area contributed by atoms with Gasteiger partial charge in [0.05, 0.1) is 41.5 Å². The van der Waals surface area contributed by atoms with Crippen LogP contribution >= 0.6 is 0 Å². The third kappa shape index (κ3) is 5.69. The van der Waals surface area contributed by atoms with Crippen molar-refractivity contribution in [2.24, 2.45) is 0 Å². The van der Waals surface area contributed by atoms with Gasteiger partial charge >= 0.3 is 6.09 Å². The molecule has 4 aromatic rings. The zero-order valence-electron chi connectivity index (χ0n) is 19.4. The Hall–Kier alpha value is -4.55. The van der Waals surface area contributed by atoms with Crippen molar-refractivity contribution in [2.45, 2.75) is 13.8 Å². The molecule has 0 atom stereocenters. The minimum Gasteiger partial charge on any atom is -0.457 e. The summed E-state index contributed by atoms with van der Waals surface area (Å²) in [6.07, 6.45) is 2.57. The first-order chi connectivity index (χ1) is 17.1. The third-order valence-corrected chi connectivity index (χ3v) is 5.18. The summed E-state index contributed by atoms with van der Waals surface area (Å²) in [4.78, 5) is 12.2. The Balaban J connectivity index is 1.55. The SMILES string of the molecule is CCOCCOC(=O)Nc1cn2ncc(C#N)c(Nc3ccc(Oc4ccccc4)cc3)c2c1C. The lowest BCUT2D eigenvalue weighted by molar-refractivity contribution is 0.0850. The molecule has 0 bridgehead atoms. The number of ether oxygens (including phenoxy) is 3. The first-order valence-corrected chi connectivity index (χ1v) is 11.1. The summed E-state index contributed by atoms with van der Waals surface area (Å²) in [5, 5.41) is 20.0. The zero-order valence-corrected chi connectivity index (χ0v) is 19.4. The van der Waals surface area contributed by atoms with E-state index in [1.54, 1.807) is 10.7 Å². The molecule has 9 heteroatoms. The second-order valence-corrected chi connectivity index (χ2v) is 7.53. The van der Waals surface area contributed by atoms with E-state index in [1.165, 1.54) is 6.20 Å². The Morgan fingerprint density at radius 2 is 1.83 bits per heavy atom. The molecule has 0 unspecified atom stereocenters. The maximum Gasteiger partial charge on any atom is 0.411 e. The quantitative estimate of drug-likeness (QED) is 0.304.